The third-order valence-electron chi connectivity index (χ3n) is 1.79. The van der Waals surface area contributed by atoms with Gasteiger partial charge in [0, 0.05) is 7.05 Å². The topological polar surface area (TPSA) is 91.3 Å². The van der Waals surface area contributed by atoms with Crippen LogP contribution in [0.1, 0.15) is 10.4 Å². The first-order valence-corrected chi connectivity index (χ1v) is 4.76. The van der Waals surface area contributed by atoms with Crippen molar-refractivity contribution in [1.29, 1.82) is 0 Å². The Bertz CT molecular complexity index is 422. The molecule has 7 heteroatoms. The van der Waals surface area contributed by atoms with Crippen molar-refractivity contribution in [3.63, 3.8) is 0 Å². The van der Waals surface area contributed by atoms with Crippen LogP contribution in [0.5, 0.6) is 0 Å². The molecule has 0 atom stereocenters. The van der Waals surface area contributed by atoms with E-state index in [-0.39, 0.29) is 29.0 Å². The maximum Gasteiger partial charge on any atom is 0.339 e. The Hall–Kier alpha value is -1.82. The Labute approximate surface area is 96.6 Å². The number of carboxylic acids is 1. The van der Waals surface area contributed by atoms with Gasteiger partial charge in [0.15, 0.2) is 0 Å². The van der Waals surface area contributed by atoms with Crippen LogP contribution in [-0.4, -0.2) is 35.6 Å². The second-order valence-corrected chi connectivity index (χ2v) is 3.25. The van der Waals surface area contributed by atoms with Crippen LogP contribution in [0.4, 0.5) is 5.82 Å². The monoisotopic (exact) mass is 243 g/mol. The molecule has 0 saturated heterocycles. The summed E-state index contributed by atoms with van der Waals surface area (Å²) in [4.78, 5) is 25.6. The van der Waals surface area contributed by atoms with Crippen LogP contribution in [0, 0.1) is 0 Å². The number of aromatic nitrogens is 1. The predicted octanol–water partition coefficient (Wildman–Crippen LogP) is 0.591. The van der Waals surface area contributed by atoms with Crippen LogP contribution in [0.2, 0.25) is 5.15 Å². The van der Waals surface area contributed by atoms with E-state index >= 15 is 0 Å². The van der Waals surface area contributed by atoms with Gasteiger partial charge in [-0.2, -0.15) is 0 Å². The molecule has 1 heterocycles. The molecule has 1 aromatic heterocycles. The molecule has 0 unspecified atom stereocenters. The van der Waals surface area contributed by atoms with Gasteiger partial charge in [-0.15, -0.1) is 0 Å². The minimum atomic E-state index is -1.14. The molecular formula is C9H10ClN3O3. The van der Waals surface area contributed by atoms with Crippen molar-refractivity contribution in [1.82, 2.24) is 10.3 Å². The highest BCUT2D eigenvalue weighted by Gasteiger charge is 2.12. The standard InChI is InChI=1S/C9H10ClN3O3/c1-11-7(14)4-12-8-5(9(15)16)2-3-6(10)13-8/h2-3H,4H2,1H3,(H,11,14)(H,12,13)(H,15,16). The molecule has 0 fully saturated rings. The van der Waals surface area contributed by atoms with Crippen molar-refractivity contribution in [2.45, 2.75) is 0 Å². The van der Waals surface area contributed by atoms with Crippen molar-refractivity contribution >= 4 is 29.3 Å². The van der Waals surface area contributed by atoms with Gasteiger partial charge in [0.25, 0.3) is 0 Å². The predicted molar refractivity (Wildman–Crippen MR) is 58.8 cm³/mol. The smallest absolute Gasteiger partial charge is 0.339 e. The molecule has 1 rings (SSSR count). The molecule has 0 aliphatic heterocycles. The van der Waals surface area contributed by atoms with E-state index in [0.29, 0.717) is 0 Å². The number of carbonyl (C=O) groups is 2. The second-order valence-electron chi connectivity index (χ2n) is 2.86. The lowest BCUT2D eigenvalue weighted by molar-refractivity contribution is -0.118. The molecule has 0 aliphatic rings. The van der Waals surface area contributed by atoms with Gasteiger partial charge in [0.2, 0.25) is 5.91 Å². The van der Waals surface area contributed by atoms with Crippen molar-refractivity contribution in [2.75, 3.05) is 18.9 Å². The third kappa shape index (κ3) is 3.09. The van der Waals surface area contributed by atoms with Crippen molar-refractivity contribution < 1.29 is 14.7 Å². The largest absolute Gasteiger partial charge is 0.478 e. The molecule has 3 N–H and O–H groups in total. The van der Waals surface area contributed by atoms with E-state index in [1.165, 1.54) is 19.2 Å². The summed E-state index contributed by atoms with van der Waals surface area (Å²) >= 11 is 5.63. The van der Waals surface area contributed by atoms with Crippen LogP contribution in [-0.2, 0) is 4.79 Å². The van der Waals surface area contributed by atoms with E-state index in [2.05, 4.69) is 15.6 Å². The number of carboxylic acid groups (broad SMARTS) is 1. The van der Waals surface area contributed by atoms with Crippen molar-refractivity contribution in [2.24, 2.45) is 0 Å². The van der Waals surface area contributed by atoms with Gasteiger partial charge in [-0.25, -0.2) is 9.78 Å². The minimum Gasteiger partial charge on any atom is -0.478 e. The number of likely N-dealkylation sites (N-methyl/N-ethyl adjacent to an activating group) is 1. The lowest BCUT2D eigenvalue weighted by Gasteiger charge is -2.07. The first kappa shape index (κ1) is 12.3. The molecule has 0 saturated carbocycles. The minimum absolute atomic E-state index is 0.0340. The lowest BCUT2D eigenvalue weighted by atomic mass is 10.2. The Balaban J connectivity index is 2.88. The van der Waals surface area contributed by atoms with Crippen LogP contribution < -0.4 is 10.6 Å². The average Bonchev–Trinajstić information content (AvgIpc) is 2.25. The number of halogens is 1. The number of hydrogen-bond donors (Lipinski definition) is 3. The van der Waals surface area contributed by atoms with Crippen LogP contribution in [0.25, 0.3) is 0 Å². The quantitative estimate of drug-likeness (QED) is 0.674. The summed E-state index contributed by atoms with van der Waals surface area (Å²) in [7, 11) is 1.48. The zero-order valence-corrected chi connectivity index (χ0v) is 9.21. The van der Waals surface area contributed by atoms with Gasteiger partial charge in [-0.3, -0.25) is 4.79 Å². The van der Waals surface area contributed by atoms with E-state index in [0.717, 1.165) is 0 Å². The average molecular weight is 244 g/mol. The number of nitrogens with zero attached hydrogens (tertiary/aromatic N) is 1. The summed E-state index contributed by atoms with van der Waals surface area (Å²) in [6.45, 7) is -0.0654. The normalized spacial score (nSPS) is 9.62. The molecule has 86 valence electrons. The Morgan fingerprint density at radius 3 is 2.75 bits per heavy atom. The summed E-state index contributed by atoms with van der Waals surface area (Å²) in [5, 5.41) is 14.0. The zero-order chi connectivity index (χ0) is 12.1. The summed E-state index contributed by atoms with van der Waals surface area (Å²) in [6.07, 6.45) is 0. The van der Waals surface area contributed by atoms with Crippen LogP contribution >= 0.6 is 11.6 Å². The summed E-state index contributed by atoms with van der Waals surface area (Å²) < 4.78 is 0. The summed E-state index contributed by atoms with van der Waals surface area (Å²) in [5.74, 6) is -1.34. The number of carbonyl (C=O) groups excluding carboxylic acids is 1. The van der Waals surface area contributed by atoms with Gasteiger partial charge in [-0.1, -0.05) is 11.6 Å². The molecule has 0 aliphatic carbocycles. The fraction of sp³-hybridized carbons (Fsp3) is 0.222. The molecule has 0 aromatic carbocycles. The number of aromatic carboxylic acids is 1. The second kappa shape index (κ2) is 5.32. The lowest BCUT2D eigenvalue weighted by Crippen LogP contribution is -2.27. The van der Waals surface area contributed by atoms with Crippen molar-refractivity contribution in [3.05, 3.63) is 22.8 Å². The van der Waals surface area contributed by atoms with E-state index in [4.69, 9.17) is 16.7 Å². The maximum absolute atomic E-state index is 11.0. The number of rotatable bonds is 4. The number of amides is 1. The van der Waals surface area contributed by atoms with E-state index < -0.39 is 5.97 Å². The molecule has 1 aromatic rings. The molecule has 0 bridgehead atoms. The van der Waals surface area contributed by atoms with E-state index in [1.807, 2.05) is 0 Å². The molecule has 6 nitrogen and oxygen atoms in total. The molecule has 1 amide bonds. The van der Waals surface area contributed by atoms with Crippen molar-refractivity contribution in [3.8, 4) is 0 Å². The highest BCUT2D eigenvalue weighted by atomic mass is 35.5. The molecular weight excluding hydrogens is 234 g/mol. The van der Waals surface area contributed by atoms with Gasteiger partial charge >= 0.3 is 5.97 Å². The van der Waals surface area contributed by atoms with Crippen LogP contribution in [0.3, 0.4) is 0 Å². The van der Waals surface area contributed by atoms with Gasteiger partial charge < -0.3 is 15.7 Å². The first-order valence-electron chi connectivity index (χ1n) is 4.39. The van der Waals surface area contributed by atoms with E-state index in [9.17, 15) is 9.59 Å². The highest BCUT2D eigenvalue weighted by molar-refractivity contribution is 6.29. The van der Waals surface area contributed by atoms with Gasteiger partial charge in [-0.05, 0) is 12.1 Å². The molecule has 0 spiro atoms. The molecule has 0 radical (unpaired) electrons. The Morgan fingerprint density at radius 2 is 2.19 bits per heavy atom. The fourth-order valence-corrected chi connectivity index (χ4v) is 1.14. The summed E-state index contributed by atoms with van der Waals surface area (Å²) in [5.41, 5.74) is -0.0340. The van der Waals surface area contributed by atoms with Gasteiger partial charge in [0.05, 0.1) is 6.54 Å². The third-order valence-corrected chi connectivity index (χ3v) is 2.00. The Kier molecular flexibility index (Phi) is 4.07. The number of hydrogen-bond acceptors (Lipinski definition) is 4. The number of anilines is 1. The first-order chi connectivity index (χ1) is 7.54. The van der Waals surface area contributed by atoms with Crippen LogP contribution in [0.15, 0.2) is 12.1 Å². The molecule has 16 heavy (non-hydrogen) atoms. The highest BCUT2D eigenvalue weighted by Crippen LogP contribution is 2.16. The summed E-state index contributed by atoms with van der Waals surface area (Å²) in [6, 6.07) is 2.69. The Morgan fingerprint density at radius 1 is 1.50 bits per heavy atom. The number of nitrogens with one attached hydrogen (secondary N) is 2. The van der Waals surface area contributed by atoms with Gasteiger partial charge in [0.1, 0.15) is 16.5 Å². The van der Waals surface area contributed by atoms with E-state index in [1.54, 1.807) is 0 Å². The fourth-order valence-electron chi connectivity index (χ4n) is 0.995. The zero-order valence-electron chi connectivity index (χ0n) is 8.45. The number of pyridine rings is 1. The SMILES string of the molecule is CNC(=O)CNc1nc(Cl)ccc1C(=O)O. The maximum atomic E-state index is 11.0.